The van der Waals surface area contributed by atoms with Crippen molar-refractivity contribution in [3.63, 3.8) is 0 Å². The van der Waals surface area contributed by atoms with Crippen molar-refractivity contribution >= 4 is 24.4 Å². The smallest absolute Gasteiger partial charge is 0.489 e. The van der Waals surface area contributed by atoms with E-state index in [4.69, 9.17) is 14.0 Å². The molecular weight excluding hydrogens is 528 g/mol. The molecule has 0 saturated carbocycles. The van der Waals surface area contributed by atoms with Crippen molar-refractivity contribution in [2.75, 3.05) is 20.1 Å². The highest BCUT2D eigenvalue weighted by atomic mass is 19.4. The minimum Gasteiger partial charge on any atom is -0.489 e. The van der Waals surface area contributed by atoms with Crippen LogP contribution < -0.4 is 20.3 Å². The summed E-state index contributed by atoms with van der Waals surface area (Å²) in [5, 5.41) is 2.65. The maximum atomic E-state index is 12.8. The van der Waals surface area contributed by atoms with Gasteiger partial charge in [0.1, 0.15) is 17.6 Å². The number of rotatable bonds is 7. The van der Waals surface area contributed by atoms with Gasteiger partial charge in [-0.3, -0.25) is 9.59 Å². The molecule has 40 heavy (non-hydrogen) atoms. The first-order valence-electron chi connectivity index (χ1n) is 13.2. The molecule has 2 aromatic carbocycles. The van der Waals surface area contributed by atoms with E-state index >= 15 is 0 Å². The van der Waals surface area contributed by atoms with Crippen LogP contribution in [0, 0.1) is 0 Å². The first kappa shape index (κ1) is 29.7. The molecule has 8 nitrogen and oxygen atoms in total. The summed E-state index contributed by atoms with van der Waals surface area (Å²) in [5.41, 5.74) is 0.636. The van der Waals surface area contributed by atoms with E-state index in [2.05, 4.69) is 10.1 Å². The summed E-state index contributed by atoms with van der Waals surface area (Å²) in [6.07, 6.45) is -3.76. The average molecular weight is 562 g/mol. The number of piperidine rings is 1. The van der Waals surface area contributed by atoms with Gasteiger partial charge in [-0.2, -0.15) is 0 Å². The third-order valence-corrected chi connectivity index (χ3v) is 7.60. The molecule has 0 radical (unpaired) electrons. The van der Waals surface area contributed by atoms with E-state index in [0.717, 1.165) is 0 Å². The molecule has 0 atom stereocenters. The van der Waals surface area contributed by atoms with Gasteiger partial charge in [-0.05, 0) is 63.0 Å². The number of amides is 2. The lowest BCUT2D eigenvalue weighted by Crippen LogP contribution is -2.42. The summed E-state index contributed by atoms with van der Waals surface area (Å²) >= 11 is 0. The number of benzene rings is 2. The number of hydrogen-bond acceptors (Lipinski definition) is 6. The fraction of sp³-hybridized carbons (Fsp3) is 0.500. The monoisotopic (exact) mass is 562 g/mol. The first-order valence-corrected chi connectivity index (χ1v) is 13.2. The lowest BCUT2D eigenvalue weighted by molar-refractivity contribution is -0.274. The van der Waals surface area contributed by atoms with Crippen LogP contribution in [0.5, 0.6) is 11.5 Å². The molecule has 0 unspecified atom stereocenters. The lowest BCUT2D eigenvalue weighted by atomic mass is 9.78. The Morgan fingerprint density at radius 1 is 1.02 bits per heavy atom. The molecular formula is C28H34BF3N2O6. The van der Waals surface area contributed by atoms with Crippen LogP contribution in [0.1, 0.15) is 56.5 Å². The first-order chi connectivity index (χ1) is 18.7. The number of alkyl halides is 3. The van der Waals surface area contributed by atoms with Crippen LogP contribution in [0.4, 0.5) is 13.2 Å². The SMILES string of the molecule is CNC(=O)c1cc(B2OC(C)(C)C(C)(C)O2)ccc1OC1CCN(C(=O)Cc2ccc(OC(F)(F)F)cc2)CC1. The fourth-order valence-corrected chi connectivity index (χ4v) is 4.59. The molecule has 2 heterocycles. The summed E-state index contributed by atoms with van der Waals surface area (Å²) < 4.78 is 59.4. The summed E-state index contributed by atoms with van der Waals surface area (Å²) in [6, 6.07) is 10.6. The molecule has 1 N–H and O–H groups in total. The van der Waals surface area contributed by atoms with Gasteiger partial charge in [0.05, 0.1) is 23.2 Å². The molecule has 2 aromatic rings. The standard InChI is InChI=1S/C28H34BF3N2O6/c1-26(2)27(3,4)40-29(39-26)19-8-11-23(22(17-19)25(36)33-5)37-20-12-14-34(15-13-20)24(35)16-18-6-9-21(10-7-18)38-28(30,31)32/h6-11,17,20H,12-16H2,1-5H3,(H,33,36). The van der Waals surface area contributed by atoms with Gasteiger partial charge in [0.25, 0.3) is 5.91 Å². The molecule has 216 valence electrons. The quantitative estimate of drug-likeness (QED) is 0.517. The van der Waals surface area contributed by atoms with E-state index in [0.29, 0.717) is 48.3 Å². The fourth-order valence-electron chi connectivity index (χ4n) is 4.59. The third kappa shape index (κ3) is 6.90. The van der Waals surface area contributed by atoms with Crippen molar-refractivity contribution in [2.24, 2.45) is 0 Å². The zero-order valence-electron chi connectivity index (χ0n) is 23.3. The number of hydrogen-bond donors (Lipinski definition) is 1. The van der Waals surface area contributed by atoms with Crippen LogP contribution in [0.3, 0.4) is 0 Å². The van der Waals surface area contributed by atoms with Gasteiger partial charge in [-0.1, -0.05) is 18.2 Å². The molecule has 2 saturated heterocycles. The number of halogens is 3. The van der Waals surface area contributed by atoms with Crippen molar-refractivity contribution in [2.45, 2.75) is 70.6 Å². The van der Waals surface area contributed by atoms with Crippen molar-refractivity contribution in [3.05, 3.63) is 53.6 Å². The highest BCUT2D eigenvalue weighted by molar-refractivity contribution is 6.62. The van der Waals surface area contributed by atoms with Gasteiger partial charge in [0.15, 0.2) is 0 Å². The van der Waals surface area contributed by atoms with Gasteiger partial charge in [-0.15, -0.1) is 13.2 Å². The second kappa shape index (κ2) is 11.3. The van der Waals surface area contributed by atoms with Crippen LogP contribution in [-0.2, 0) is 20.5 Å². The van der Waals surface area contributed by atoms with Gasteiger partial charge in [0, 0.05) is 33.0 Å². The van der Waals surface area contributed by atoms with Gasteiger partial charge in [0.2, 0.25) is 5.91 Å². The Morgan fingerprint density at radius 2 is 1.62 bits per heavy atom. The predicted octanol–water partition coefficient (Wildman–Crippen LogP) is 3.86. The maximum absolute atomic E-state index is 12.8. The van der Waals surface area contributed by atoms with Crippen molar-refractivity contribution in [1.29, 1.82) is 0 Å². The van der Waals surface area contributed by atoms with E-state index < -0.39 is 24.7 Å². The Hall–Kier alpha value is -3.25. The number of nitrogens with zero attached hydrogens (tertiary/aromatic N) is 1. The molecule has 0 bridgehead atoms. The minimum atomic E-state index is -4.76. The average Bonchev–Trinajstić information content (AvgIpc) is 3.11. The molecule has 0 spiro atoms. The molecule has 2 aliphatic heterocycles. The molecule has 12 heteroatoms. The Kier molecular flexibility index (Phi) is 8.42. The largest absolute Gasteiger partial charge is 0.573 e. The Bertz CT molecular complexity index is 1210. The molecule has 0 aliphatic carbocycles. The summed E-state index contributed by atoms with van der Waals surface area (Å²) in [7, 11) is 0.930. The lowest BCUT2D eigenvalue weighted by Gasteiger charge is -2.32. The van der Waals surface area contributed by atoms with Gasteiger partial charge < -0.3 is 29.0 Å². The van der Waals surface area contributed by atoms with Crippen LogP contribution in [0.15, 0.2) is 42.5 Å². The number of carbonyl (C=O) groups excluding carboxylic acids is 2. The molecule has 2 amide bonds. The molecule has 0 aromatic heterocycles. The van der Waals surface area contributed by atoms with E-state index in [-0.39, 0.29) is 30.1 Å². The number of nitrogens with one attached hydrogen (secondary N) is 1. The normalized spacial score (nSPS) is 18.9. The molecule has 4 rings (SSSR count). The summed E-state index contributed by atoms with van der Waals surface area (Å²) in [4.78, 5) is 27.2. The Morgan fingerprint density at radius 3 is 2.17 bits per heavy atom. The van der Waals surface area contributed by atoms with Gasteiger partial charge >= 0.3 is 13.5 Å². The summed E-state index contributed by atoms with van der Waals surface area (Å²) in [5.74, 6) is -0.319. The van der Waals surface area contributed by atoms with Crippen molar-refractivity contribution in [1.82, 2.24) is 10.2 Å². The van der Waals surface area contributed by atoms with Crippen LogP contribution in [0.25, 0.3) is 0 Å². The van der Waals surface area contributed by atoms with Crippen LogP contribution >= 0.6 is 0 Å². The highest BCUT2D eigenvalue weighted by Gasteiger charge is 2.51. The topological polar surface area (TPSA) is 86.3 Å². The number of ether oxygens (including phenoxy) is 2. The zero-order valence-corrected chi connectivity index (χ0v) is 23.3. The molecule has 2 aliphatic rings. The van der Waals surface area contributed by atoms with E-state index in [1.54, 1.807) is 24.1 Å². The van der Waals surface area contributed by atoms with Crippen LogP contribution in [0.2, 0.25) is 0 Å². The predicted molar refractivity (Wildman–Crippen MR) is 143 cm³/mol. The van der Waals surface area contributed by atoms with Gasteiger partial charge in [-0.25, -0.2) is 0 Å². The minimum absolute atomic E-state index is 0.0685. The van der Waals surface area contributed by atoms with Crippen LogP contribution in [-0.4, -0.2) is 67.6 Å². The summed E-state index contributed by atoms with van der Waals surface area (Å²) in [6.45, 7) is 8.77. The second-order valence-corrected chi connectivity index (χ2v) is 11.0. The Balaban J connectivity index is 1.35. The van der Waals surface area contributed by atoms with E-state index in [1.807, 2.05) is 33.8 Å². The van der Waals surface area contributed by atoms with Crippen molar-refractivity contribution in [3.8, 4) is 11.5 Å². The molecule has 2 fully saturated rings. The van der Waals surface area contributed by atoms with E-state index in [1.165, 1.54) is 24.3 Å². The highest BCUT2D eigenvalue weighted by Crippen LogP contribution is 2.37. The number of carbonyl (C=O) groups is 2. The van der Waals surface area contributed by atoms with Crippen molar-refractivity contribution < 1.29 is 41.5 Å². The van der Waals surface area contributed by atoms with E-state index in [9.17, 15) is 22.8 Å². The number of likely N-dealkylation sites (tertiary alicyclic amines) is 1. The zero-order chi connectivity index (χ0) is 29.3. The third-order valence-electron chi connectivity index (χ3n) is 7.60. The Labute approximate surface area is 232 Å². The second-order valence-electron chi connectivity index (χ2n) is 11.0. The maximum Gasteiger partial charge on any atom is 0.573 e.